The topological polar surface area (TPSA) is 35.5 Å². The van der Waals surface area contributed by atoms with Crippen molar-refractivity contribution in [3.63, 3.8) is 0 Å². The van der Waals surface area contributed by atoms with Crippen molar-refractivity contribution < 1.29 is 14.3 Å². The van der Waals surface area contributed by atoms with E-state index < -0.39 is 0 Å². The molecular weight excluding hydrogens is 228 g/mol. The number of hydrogen-bond acceptors (Lipinski definition) is 3. The second-order valence-corrected chi connectivity index (χ2v) is 5.57. The molecule has 0 heterocycles. The third-order valence-corrected chi connectivity index (χ3v) is 3.41. The molecule has 1 atom stereocenters. The Morgan fingerprint density at radius 3 is 2.39 bits per heavy atom. The van der Waals surface area contributed by atoms with Crippen LogP contribution in [0.25, 0.3) is 0 Å². The van der Waals surface area contributed by atoms with Crippen molar-refractivity contribution in [3.05, 3.63) is 12.7 Å². The van der Waals surface area contributed by atoms with Crippen LogP contribution in [0.3, 0.4) is 0 Å². The molecule has 0 aromatic carbocycles. The van der Waals surface area contributed by atoms with E-state index in [4.69, 9.17) is 9.47 Å². The Morgan fingerprint density at radius 1 is 1.28 bits per heavy atom. The molecule has 1 rings (SSSR count). The van der Waals surface area contributed by atoms with Gasteiger partial charge in [-0.1, -0.05) is 13.0 Å². The highest BCUT2D eigenvalue weighted by atomic mass is 16.6. The fourth-order valence-corrected chi connectivity index (χ4v) is 2.84. The van der Waals surface area contributed by atoms with Crippen LogP contribution in [0, 0.1) is 0 Å². The summed E-state index contributed by atoms with van der Waals surface area (Å²) in [7, 11) is 0. The van der Waals surface area contributed by atoms with Crippen LogP contribution in [0.1, 0.15) is 59.3 Å². The molecule has 1 unspecified atom stereocenters. The Labute approximate surface area is 111 Å². The van der Waals surface area contributed by atoms with E-state index in [-0.39, 0.29) is 23.8 Å². The lowest BCUT2D eigenvalue weighted by molar-refractivity contribution is -0.162. The molecule has 3 heteroatoms. The number of ether oxygens (including phenoxy) is 2. The maximum Gasteiger partial charge on any atom is 0.330 e. The molecule has 0 N–H and O–H groups in total. The quantitative estimate of drug-likeness (QED) is 0.536. The summed E-state index contributed by atoms with van der Waals surface area (Å²) in [5.74, 6) is -0.311. The van der Waals surface area contributed by atoms with E-state index in [9.17, 15) is 4.79 Å². The maximum absolute atomic E-state index is 11.5. The van der Waals surface area contributed by atoms with E-state index in [1.54, 1.807) is 0 Å². The van der Waals surface area contributed by atoms with E-state index in [0.29, 0.717) is 0 Å². The van der Waals surface area contributed by atoms with Gasteiger partial charge >= 0.3 is 5.97 Å². The van der Waals surface area contributed by atoms with Gasteiger partial charge in [-0.05, 0) is 46.5 Å². The van der Waals surface area contributed by atoms with Crippen LogP contribution in [0.5, 0.6) is 0 Å². The van der Waals surface area contributed by atoms with Gasteiger partial charge in [-0.15, -0.1) is 0 Å². The van der Waals surface area contributed by atoms with Crippen molar-refractivity contribution in [2.45, 2.75) is 77.1 Å². The first kappa shape index (κ1) is 15.2. The van der Waals surface area contributed by atoms with Crippen molar-refractivity contribution in [2.75, 3.05) is 0 Å². The summed E-state index contributed by atoms with van der Waals surface area (Å²) >= 11 is 0. The summed E-state index contributed by atoms with van der Waals surface area (Å²) in [5.41, 5.74) is -0.335. The van der Waals surface area contributed by atoms with E-state index in [1.165, 1.54) is 12.5 Å². The monoisotopic (exact) mass is 254 g/mol. The molecule has 0 spiro atoms. The molecule has 3 nitrogen and oxygen atoms in total. The summed E-state index contributed by atoms with van der Waals surface area (Å²) in [5, 5.41) is 0. The van der Waals surface area contributed by atoms with Crippen LogP contribution in [-0.2, 0) is 14.3 Å². The zero-order valence-electron chi connectivity index (χ0n) is 11.9. The normalized spacial score (nSPS) is 20.4. The third-order valence-electron chi connectivity index (χ3n) is 3.41. The van der Waals surface area contributed by atoms with Crippen molar-refractivity contribution in [1.29, 1.82) is 0 Å². The molecule has 1 aliphatic rings. The molecule has 18 heavy (non-hydrogen) atoms. The highest BCUT2D eigenvalue weighted by molar-refractivity contribution is 5.81. The molecule has 0 aromatic rings. The lowest BCUT2D eigenvalue weighted by atomic mass is 9.81. The summed E-state index contributed by atoms with van der Waals surface area (Å²) in [4.78, 5) is 11.5. The Balaban J connectivity index is 2.64. The molecule has 0 bridgehead atoms. The molecule has 1 fully saturated rings. The van der Waals surface area contributed by atoms with Gasteiger partial charge in [-0.3, -0.25) is 0 Å². The van der Waals surface area contributed by atoms with Crippen molar-refractivity contribution in [3.8, 4) is 0 Å². The van der Waals surface area contributed by atoms with Gasteiger partial charge in [0.25, 0.3) is 0 Å². The molecule has 0 aliphatic heterocycles. The molecule has 1 saturated carbocycles. The number of esters is 1. The number of carbonyl (C=O) groups excluding carboxylic acids is 1. The summed E-state index contributed by atoms with van der Waals surface area (Å²) in [6.07, 6.45) is 7.72. The minimum atomic E-state index is -0.335. The van der Waals surface area contributed by atoms with Crippen LogP contribution in [0.15, 0.2) is 12.7 Å². The van der Waals surface area contributed by atoms with E-state index in [2.05, 4.69) is 13.5 Å². The van der Waals surface area contributed by atoms with Gasteiger partial charge in [-0.2, -0.15) is 0 Å². The van der Waals surface area contributed by atoms with Gasteiger partial charge in [0.15, 0.2) is 0 Å². The molecule has 0 saturated heterocycles. The number of hydrogen-bond donors (Lipinski definition) is 0. The van der Waals surface area contributed by atoms with Crippen molar-refractivity contribution >= 4 is 5.97 Å². The average molecular weight is 254 g/mol. The summed E-state index contributed by atoms with van der Waals surface area (Å²) in [6, 6.07) is 0. The standard InChI is InChI=1S/C15H26O3/c1-5-14(16)18-15(9-7-6-8-10-15)11-13(4)17-12(2)3/h5,12-13H,1,6-11H2,2-4H3. The zero-order chi connectivity index (χ0) is 13.6. The molecule has 0 aromatic heterocycles. The zero-order valence-corrected chi connectivity index (χ0v) is 11.9. The predicted molar refractivity (Wildman–Crippen MR) is 72.4 cm³/mol. The fourth-order valence-electron chi connectivity index (χ4n) is 2.84. The second kappa shape index (κ2) is 6.93. The highest BCUT2D eigenvalue weighted by Gasteiger charge is 2.37. The first-order chi connectivity index (χ1) is 8.47. The Hall–Kier alpha value is -0.830. The van der Waals surface area contributed by atoms with Crippen LogP contribution < -0.4 is 0 Å². The van der Waals surface area contributed by atoms with Crippen LogP contribution >= 0.6 is 0 Å². The molecule has 104 valence electrons. The fraction of sp³-hybridized carbons (Fsp3) is 0.800. The Morgan fingerprint density at radius 2 is 1.89 bits per heavy atom. The largest absolute Gasteiger partial charge is 0.456 e. The first-order valence-corrected chi connectivity index (χ1v) is 6.98. The summed E-state index contributed by atoms with van der Waals surface area (Å²) < 4.78 is 11.4. The van der Waals surface area contributed by atoms with Crippen LogP contribution in [0.2, 0.25) is 0 Å². The first-order valence-electron chi connectivity index (χ1n) is 6.98. The lowest BCUT2D eigenvalue weighted by Gasteiger charge is -2.38. The highest BCUT2D eigenvalue weighted by Crippen LogP contribution is 2.36. The van der Waals surface area contributed by atoms with Crippen LogP contribution in [-0.4, -0.2) is 23.8 Å². The van der Waals surface area contributed by atoms with Gasteiger partial charge < -0.3 is 9.47 Å². The molecule has 0 amide bonds. The molecule has 1 aliphatic carbocycles. The predicted octanol–water partition coefficient (Wildman–Crippen LogP) is 3.62. The van der Waals surface area contributed by atoms with Gasteiger partial charge in [0.2, 0.25) is 0 Å². The molecular formula is C15H26O3. The lowest BCUT2D eigenvalue weighted by Crippen LogP contribution is -2.40. The smallest absolute Gasteiger partial charge is 0.330 e. The minimum absolute atomic E-state index is 0.112. The Bertz CT molecular complexity index is 277. The second-order valence-electron chi connectivity index (χ2n) is 5.57. The van der Waals surface area contributed by atoms with E-state index >= 15 is 0 Å². The maximum atomic E-state index is 11.5. The van der Waals surface area contributed by atoms with Gasteiger partial charge in [-0.25, -0.2) is 4.79 Å². The van der Waals surface area contributed by atoms with Gasteiger partial charge in [0.05, 0.1) is 12.2 Å². The molecule has 0 radical (unpaired) electrons. The third kappa shape index (κ3) is 4.81. The van der Waals surface area contributed by atoms with Crippen molar-refractivity contribution in [1.82, 2.24) is 0 Å². The summed E-state index contributed by atoms with van der Waals surface area (Å²) in [6.45, 7) is 9.59. The average Bonchev–Trinajstić information content (AvgIpc) is 2.28. The van der Waals surface area contributed by atoms with Gasteiger partial charge in [0, 0.05) is 12.5 Å². The Kier molecular flexibility index (Phi) is 5.86. The van der Waals surface area contributed by atoms with Gasteiger partial charge in [0.1, 0.15) is 5.60 Å². The minimum Gasteiger partial charge on any atom is -0.456 e. The SMILES string of the molecule is C=CC(=O)OC1(CC(C)OC(C)C)CCCCC1. The van der Waals surface area contributed by atoms with E-state index in [1.807, 2.05) is 13.8 Å². The number of carbonyl (C=O) groups is 1. The number of rotatable bonds is 6. The van der Waals surface area contributed by atoms with Crippen LogP contribution in [0.4, 0.5) is 0 Å². The van der Waals surface area contributed by atoms with E-state index in [0.717, 1.165) is 32.1 Å². The van der Waals surface area contributed by atoms with Crippen molar-refractivity contribution in [2.24, 2.45) is 0 Å².